The summed E-state index contributed by atoms with van der Waals surface area (Å²) >= 11 is 0. The Hall–Kier alpha value is -3.22. The Morgan fingerprint density at radius 3 is 2.42 bits per heavy atom. The van der Waals surface area contributed by atoms with E-state index in [1.54, 1.807) is 6.07 Å². The average Bonchev–Trinajstić information content (AvgIpc) is 3.14. The Morgan fingerprint density at radius 2 is 1.88 bits per heavy atom. The number of nitrogens with one attached hydrogen (secondary N) is 1. The van der Waals surface area contributed by atoms with Crippen LogP contribution in [0.5, 0.6) is 0 Å². The first-order chi connectivity index (χ1) is 12.3. The first-order valence-corrected chi connectivity index (χ1v) is 8.23. The zero-order valence-electron chi connectivity index (χ0n) is 14.4. The van der Waals surface area contributed by atoms with Gasteiger partial charge in [-0.3, -0.25) is 19.7 Å². The predicted molar refractivity (Wildman–Crippen MR) is 95.6 cm³/mol. The SMILES string of the molecule is CC(=O)/C(=C\c1ccc([C@@H]2C[C@H]2C)o1)C(=O)Nc1ccc([N+](=O)[O-])cc1. The molecular formula is C19H18N2O5. The largest absolute Gasteiger partial charge is 0.461 e. The number of benzene rings is 1. The Labute approximate surface area is 149 Å². The number of anilines is 1. The number of hydrogen-bond donors (Lipinski definition) is 1. The Kier molecular flexibility index (Phi) is 4.71. The van der Waals surface area contributed by atoms with Gasteiger partial charge in [0.1, 0.15) is 11.5 Å². The van der Waals surface area contributed by atoms with Crippen molar-refractivity contribution in [1.82, 2.24) is 0 Å². The lowest BCUT2D eigenvalue weighted by molar-refractivity contribution is -0.384. The summed E-state index contributed by atoms with van der Waals surface area (Å²) in [5.74, 6) is 1.32. The lowest BCUT2D eigenvalue weighted by atomic mass is 10.1. The van der Waals surface area contributed by atoms with Crippen molar-refractivity contribution in [1.29, 1.82) is 0 Å². The first kappa shape index (κ1) is 17.6. The second kappa shape index (κ2) is 6.95. The molecule has 1 heterocycles. The number of Topliss-reactive ketones (excluding diaryl/α,β-unsaturated/α-hetero) is 1. The van der Waals surface area contributed by atoms with Crippen LogP contribution >= 0.6 is 0 Å². The van der Waals surface area contributed by atoms with Crippen LogP contribution in [-0.4, -0.2) is 16.6 Å². The van der Waals surface area contributed by atoms with Gasteiger partial charge in [0, 0.05) is 23.7 Å². The fourth-order valence-electron chi connectivity index (χ4n) is 2.70. The highest BCUT2D eigenvalue weighted by Gasteiger charge is 2.36. The average molecular weight is 354 g/mol. The lowest BCUT2D eigenvalue weighted by Gasteiger charge is -2.06. The quantitative estimate of drug-likeness (QED) is 0.278. The molecule has 1 aromatic heterocycles. The molecule has 1 aromatic carbocycles. The van der Waals surface area contributed by atoms with Gasteiger partial charge in [-0.05, 0) is 49.6 Å². The zero-order chi connectivity index (χ0) is 18.8. The van der Waals surface area contributed by atoms with Crippen LogP contribution in [0.4, 0.5) is 11.4 Å². The highest BCUT2D eigenvalue weighted by Crippen LogP contribution is 2.47. The number of carbonyl (C=O) groups excluding carboxylic acids is 2. The van der Waals surface area contributed by atoms with E-state index in [1.165, 1.54) is 37.3 Å². The van der Waals surface area contributed by atoms with Crippen molar-refractivity contribution >= 4 is 29.1 Å². The second-order valence-electron chi connectivity index (χ2n) is 6.43. The molecule has 1 aliphatic rings. The lowest BCUT2D eigenvalue weighted by Crippen LogP contribution is -2.18. The number of rotatable bonds is 6. The number of carbonyl (C=O) groups is 2. The minimum atomic E-state index is -0.593. The summed E-state index contributed by atoms with van der Waals surface area (Å²) in [5, 5.41) is 13.2. The first-order valence-electron chi connectivity index (χ1n) is 8.23. The number of hydrogen-bond acceptors (Lipinski definition) is 5. The van der Waals surface area contributed by atoms with Crippen molar-refractivity contribution in [2.45, 2.75) is 26.2 Å². The van der Waals surface area contributed by atoms with Gasteiger partial charge >= 0.3 is 0 Å². The third-order valence-electron chi connectivity index (χ3n) is 4.37. The fourth-order valence-corrected chi connectivity index (χ4v) is 2.70. The molecule has 0 saturated heterocycles. The number of furan rings is 1. The molecule has 7 nitrogen and oxygen atoms in total. The van der Waals surface area contributed by atoms with Crippen LogP contribution in [0, 0.1) is 16.0 Å². The molecule has 1 saturated carbocycles. The number of nitro benzene ring substituents is 1. The van der Waals surface area contributed by atoms with E-state index in [1.807, 2.05) is 6.07 Å². The predicted octanol–water partition coefficient (Wildman–Crippen LogP) is 3.92. The zero-order valence-corrected chi connectivity index (χ0v) is 14.4. The maximum atomic E-state index is 12.4. The summed E-state index contributed by atoms with van der Waals surface area (Å²) in [4.78, 5) is 34.4. The summed E-state index contributed by atoms with van der Waals surface area (Å²) in [5.41, 5.74) is 0.232. The molecule has 3 rings (SSSR count). The highest BCUT2D eigenvalue weighted by molar-refractivity contribution is 6.25. The van der Waals surface area contributed by atoms with Crippen molar-refractivity contribution < 1.29 is 18.9 Å². The topological polar surface area (TPSA) is 102 Å². The van der Waals surface area contributed by atoms with Gasteiger partial charge in [-0.1, -0.05) is 6.92 Å². The maximum absolute atomic E-state index is 12.4. The Bertz CT molecular complexity index is 895. The molecular weight excluding hydrogens is 336 g/mol. The Morgan fingerprint density at radius 1 is 1.23 bits per heavy atom. The monoisotopic (exact) mass is 354 g/mol. The van der Waals surface area contributed by atoms with E-state index in [9.17, 15) is 19.7 Å². The molecule has 0 spiro atoms. The third-order valence-corrected chi connectivity index (χ3v) is 4.37. The number of non-ortho nitro benzene ring substituents is 1. The number of nitro groups is 1. The molecule has 2 atom stereocenters. The van der Waals surface area contributed by atoms with E-state index in [2.05, 4.69) is 12.2 Å². The Balaban J connectivity index is 1.76. The molecule has 0 unspecified atom stereocenters. The molecule has 26 heavy (non-hydrogen) atoms. The van der Waals surface area contributed by atoms with E-state index < -0.39 is 16.6 Å². The number of amides is 1. The summed E-state index contributed by atoms with van der Waals surface area (Å²) in [6, 6.07) is 8.99. The molecule has 1 amide bonds. The van der Waals surface area contributed by atoms with E-state index >= 15 is 0 Å². The molecule has 1 aliphatic carbocycles. The van der Waals surface area contributed by atoms with Gasteiger partial charge in [0.05, 0.1) is 10.5 Å². The van der Waals surface area contributed by atoms with Crippen LogP contribution in [-0.2, 0) is 9.59 Å². The summed E-state index contributed by atoms with van der Waals surface area (Å²) in [7, 11) is 0. The molecule has 1 fully saturated rings. The molecule has 0 aliphatic heterocycles. The number of ketones is 1. The second-order valence-corrected chi connectivity index (χ2v) is 6.43. The van der Waals surface area contributed by atoms with Crippen LogP contribution < -0.4 is 5.32 Å². The van der Waals surface area contributed by atoms with Crippen molar-refractivity contribution in [2.24, 2.45) is 5.92 Å². The summed E-state index contributed by atoms with van der Waals surface area (Å²) < 4.78 is 5.72. The van der Waals surface area contributed by atoms with Gasteiger partial charge < -0.3 is 9.73 Å². The van der Waals surface area contributed by atoms with E-state index in [0.717, 1.165) is 12.2 Å². The molecule has 134 valence electrons. The van der Waals surface area contributed by atoms with Gasteiger partial charge in [-0.25, -0.2) is 0 Å². The van der Waals surface area contributed by atoms with Crippen LogP contribution in [0.25, 0.3) is 6.08 Å². The summed E-state index contributed by atoms with van der Waals surface area (Å²) in [6.07, 6.45) is 2.50. The van der Waals surface area contributed by atoms with Crippen LogP contribution in [0.15, 0.2) is 46.4 Å². The maximum Gasteiger partial charge on any atom is 0.269 e. The molecule has 2 aromatic rings. The third kappa shape index (κ3) is 3.88. The van der Waals surface area contributed by atoms with E-state index in [0.29, 0.717) is 23.3 Å². The normalized spacial score (nSPS) is 19.1. The minimum absolute atomic E-state index is 0.0481. The van der Waals surface area contributed by atoms with Gasteiger partial charge in [0.25, 0.3) is 11.6 Å². The van der Waals surface area contributed by atoms with Gasteiger partial charge in [0.2, 0.25) is 0 Å². The van der Waals surface area contributed by atoms with Crippen LogP contribution in [0.2, 0.25) is 0 Å². The minimum Gasteiger partial charge on any atom is -0.461 e. The van der Waals surface area contributed by atoms with Gasteiger partial charge in [0.15, 0.2) is 5.78 Å². The molecule has 0 radical (unpaired) electrons. The highest BCUT2D eigenvalue weighted by atomic mass is 16.6. The van der Waals surface area contributed by atoms with Crippen molar-refractivity contribution in [3.05, 3.63) is 63.6 Å². The fraction of sp³-hybridized carbons (Fsp3) is 0.263. The number of nitrogens with zero attached hydrogens (tertiary/aromatic N) is 1. The van der Waals surface area contributed by atoms with Crippen LogP contribution in [0.3, 0.4) is 0 Å². The van der Waals surface area contributed by atoms with Crippen LogP contribution in [0.1, 0.15) is 37.7 Å². The van der Waals surface area contributed by atoms with E-state index in [-0.39, 0.29) is 11.3 Å². The molecule has 1 N–H and O–H groups in total. The van der Waals surface area contributed by atoms with Crippen molar-refractivity contribution in [3.63, 3.8) is 0 Å². The van der Waals surface area contributed by atoms with Gasteiger partial charge in [-0.2, -0.15) is 0 Å². The molecule has 0 bridgehead atoms. The van der Waals surface area contributed by atoms with Crippen molar-refractivity contribution in [3.8, 4) is 0 Å². The summed E-state index contributed by atoms with van der Waals surface area (Å²) in [6.45, 7) is 3.44. The molecule has 7 heteroatoms. The van der Waals surface area contributed by atoms with Gasteiger partial charge in [-0.15, -0.1) is 0 Å². The standard InChI is InChI=1S/C19H18N2O5/c1-11-9-16(11)18-8-7-15(26-18)10-17(12(2)22)19(23)20-13-3-5-14(6-4-13)21(24)25/h3-8,10-11,16H,9H2,1-2H3,(H,20,23)/b17-10+/t11-,16-/m1/s1. The van der Waals surface area contributed by atoms with Crippen molar-refractivity contribution in [2.75, 3.05) is 5.32 Å². The smallest absolute Gasteiger partial charge is 0.269 e. The van der Waals surface area contributed by atoms with E-state index in [4.69, 9.17) is 4.42 Å².